The zero-order valence-electron chi connectivity index (χ0n) is 14.9. The van der Waals surface area contributed by atoms with E-state index in [0.717, 1.165) is 5.56 Å². The average molecular weight is 371 g/mol. The van der Waals surface area contributed by atoms with Gasteiger partial charge in [0.05, 0.1) is 17.4 Å². The van der Waals surface area contributed by atoms with E-state index in [9.17, 15) is 13.2 Å². The highest BCUT2D eigenvalue weighted by atomic mass is 32.2. The number of hydrogen-bond acceptors (Lipinski definition) is 4. The molecule has 2 rings (SSSR count). The van der Waals surface area contributed by atoms with Crippen LogP contribution in [0.3, 0.4) is 0 Å². The van der Waals surface area contributed by atoms with E-state index in [1.165, 1.54) is 35.6 Å². The average Bonchev–Trinajstić information content (AvgIpc) is 2.63. The van der Waals surface area contributed by atoms with Gasteiger partial charge in [-0.1, -0.05) is 12.1 Å². The van der Waals surface area contributed by atoms with Crippen molar-refractivity contribution in [2.45, 2.75) is 31.2 Å². The molecule has 0 heterocycles. The van der Waals surface area contributed by atoms with Gasteiger partial charge in [0.15, 0.2) is 0 Å². The first-order valence-electron chi connectivity index (χ1n) is 8.11. The number of nitrogens with one attached hydrogen (secondary N) is 1. The number of carbonyl (C=O) groups excluding carboxylic acids is 1. The van der Waals surface area contributed by atoms with Crippen LogP contribution in [-0.2, 0) is 16.4 Å². The minimum atomic E-state index is -3.57. The van der Waals surface area contributed by atoms with Crippen molar-refractivity contribution >= 4 is 21.6 Å². The molecule has 0 spiro atoms. The molecule has 0 aliphatic carbocycles. The summed E-state index contributed by atoms with van der Waals surface area (Å²) < 4.78 is 26.1. The summed E-state index contributed by atoms with van der Waals surface area (Å²) in [6, 6.07) is 14.7. The number of anilines is 1. The van der Waals surface area contributed by atoms with E-state index in [1.807, 2.05) is 0 Å². The maximum atomic E-state index is 12.4. The Hall–Kier alpha value is -2.69. The molecule has 0 saturated carbocycles. The summed E-state index contributed by atoms with van der Waals surface area (Å²) in [5, 5.41) is 11.4. The molecule has 1 N–H and O–H groups in total. The van der Waals surface area contributed by atoms with Gasteiger partial charge in [0.1, 0.15) is 0 Å². The zero-order valence-corrected chi connectivity index (χ0v) is 15.7. The van der Waals surface area contributed by atoms with Gasteiger partial charge in [0.25, 0.3) is 5.91 Å². The molecule has 0 aliphatic heterocycles. The van der Waals surface area contributed by atoms with Gasteiger partial charge < -0.3 is 5.32 Å². The van der Waals surface area contributed by atoms with Gasteiger partial charge in [-0.2, -0.15) is 9.57 Å². The lowest BCUT2D eigenvalue weighted by molar-refractivity contribution is 0.102. The molecule has 0 aliphatic rings. The molecular weight excluding hydrogens is 350 g/mol. The first-order chi connectivity index (χ1) is 12.3. The fourth-order valence-electron chi connectivity index (χ4n) is 2.22. The Bertz CT molecular complexity index is 912. The highest BCUT2D eigenvalue weighted by Crippen LogP contribution is 2.18. The van der Waals surface area contributed by atoms with Crippen molar-refractivity contribution in [1.29, 1.82) is 5.26 Å². The number of rotatable bonds is 6. The van der Waals surface area contributed by atoms with Crippen LogP contribution in [0.2, 0.25) is 0 Å². The largest absolute Gasteiger partial charge is 0.322 e. The maximum absolute atomic E-state index is 12.4. The van der Waals surface area contributed by atoms with E-state index in [4.69, 9.17) is 5.26 Å². The summed E-state index contributed by atoms with van der Waals surface area (Å²) >= 11 is 0. The predicted octanol–water partition coefficient (Wildman–Crippen LogP) is 3.03. The van der Waals surface area contributed by atoms with Crippen molar-refractivity contribution in [2.24, 2.45) is 0 Å². The van der Waals surface area contributed by atoms with Crippen LogP contribution in [0.15, 0.2) is 53.4 Å². The molecule has 7 heteroatoms. The summed E-state index contributed by atoms with van der Waals surface area (Å²) in [5.41, 5.74) is 1.83. The van der Waals surface area contributed by atoms with E-state index in [0.29, 0.717) is 17.7 Å². The number of carbonyl (C=O) groups is 1. The molecule has 0 unspecified atom stereocenters. The van der Waals surface area contributed by atoms with Crippen molar-refractivity contribution in [3.63, 3.8) is 0 Å². The third-order valence-corrected chi connectivity index (χ3v) is 6.06. The van der Waals surface area contributed by atoms with Gasteiger partial charge in [0.2, 0.25) is 10.0 Å². The third kappa shape index (κ3) is 4.48. The van der Waals surface area contributed by atoms with Crippen LogP contribution >= 0.6 is 0 Å². The highest BCUT2D eigenvalue weighted by molar-refractivity contribution is 7.89. The van der Waals surface area contributed by atoms with Crippen LogP contribution in [0, 0.1) is 11.3 Å². The van der Waals surface area contributed by atoms with Crippen LogP contribution in [0.4, 0.5) is 5.69 Å². The van der Waals surface area contributed by atoms with E-state index in [2.05, 4.69) is 11.4 Å². The monoisotopic (exact) mass is 371 g/mol. The molecule has 0 radical (unpaired) electrons. The fraction of sp³-hybridized carbons (Fsp3) is 0.263. The van der Waals surface area contributed by atoms with Crippen molar-refractivity contribution in [3.05, 3.63) is 59.7 Å². The minimum absolute atomic E-state index is 0.145. The second-order valence-electron chi connectivity index (χ2n) is 6.13. The normalized spacial score (nSPS) is 11.4. The van der Waals surface area contributed by atoms with E-state index in [-0.39, 0.29) is 16.8 Å². The number of nitrogens with zero attached hydrogens (tertiary/aromatic N) is 2. The summed E-state index contributed by atoms with van der Waals surface area (Å²) in [6.07, 6.45) is 0.314. The molecular formula is C19H21N3O3S. The van der Waals surface area contributed by atoms with Crippen LogP contribution in [-0.4, -0.2) is 31.7 Å². The number of benzene rings is 2. The van der Waals surface area contributed by atoms with E-state index >= 15 is 0 Å². The van der Waals surface area contributed by atoms with Crippen LogP contribution in [0.5, 0.6) is 0 Å². The summed E-state index contributed by atoms with van der Waals surface area (Å²) in [6.45, 7) is 3.59. The third-order valence-electron chi connectivity index (χ3n) is 4.02. The number of hydrogen-bond donors (Lipinski definition) is 1. The van der Waals surface area contributed by atoms with Crippen LogP contribution < -0.4 is 5.32 Å². The van der Waals surface area contributed by atoms with E-state index in [1.54, 1.807) is 38.1 Å². The van der Waals surface area contributed by atoms with Gasteiger partial charge in [-0.25, -0.2) is 8.42 Å². The van der Waals surface area contributed by atoms with E-state index < -0.39 is 10.0 Å². The molecule has 0 aromatic heterocycles. The molecule has 6 nitrogen and oxygen atoms in total. The highest BCUT2D eigenvalue weighted by Gasteiger charge is 2.23. The first-order valence-corrected chi connectivity index (χ1v) is 9.55. The second-order valence-corrected chi connectivity index (χ2v) is 8.12. The molecule has 2 aromatic carbocycles. The Balaban J connectivity index is 2.13. The standard InChI is InChI=1S/C19H21N3O3S/c1-14(2)22(3)26(24,25)18-10-6-16(7-11-18)19(23)21-17-8-4-15(5-9-17)12-13-20/h4-11,14H,12H2,1-3H3,(H,21,23). The second kappa shape index (κ2) is 8.13. The molecule has 26 heavy (non-hydrogen) atoms. The number of amides is 1. The van der Waals surface area contributed by atoms with Gasteiger partial charge in [-0.05, 0) is 55.8 Å². The van der Waals surface area contributed by atoms with Crippen molar-refractivity contribution < 1.29 is 13.2 Å². The lowest BCUT2D eigenvalue weighted by atomic mass is 10.1. The summed E-state index contributed by atoms with van der Waals surface area (Å²) in [5.74, 6) is -0.334. The molecule has 0 bridgehead atoms. The first kappa shape index (κ1) is 19.6. The zero-order chi connectivity index (χ0) is 19.3. The van der Waals surface area contributed by atoms with Crippen LogP contribution in [0.25, 0.3) is 0 Å². The molecule has 136 valence electrons. The Morgan fingerprint density at radius 2 is 1.69 bits per heavy atom. The smallest absolute Gasteiger partial charge is 0.255 e. The lowest BCUT2D eigenvalue weighted by Gasteiger charge is -2.21. The molecule has 0 saturated heterocycles. The summed E-state index contributed by atoms with van der Waals surface area (Å²) in [4.78, 5) is 12.4. The predicted molar refractivity (Wildman–Crippen MR) is 100 cm³/mol. The number of sulfonamides is 1. The van der Waals surface area contributed by atoms with Crippen molar-refractivity contribution in [2.75, 3.05) is 12.4 Å². The SMILES string of the molecule is CC(C)N(C)S(=O)(=O)c1ccc(C(=O)Nc2ccc(CC#N)cc2)cc1. The van der Waals surface area contributed by atoms with Crippen molar-refractivity contribution in [1.82, 2.24) is 4.31 Å². The topological polar surface area (TPSA) is 90.3 Å². The molecule has 1 amide bonds. The van der Waals surface area contributed by atoms with Gasteiger partial charge in [-0.3, -0.25) is 4.79 Å². The van der Waals surface area contributed by atoms with Crippen molar-refractivity contribution in [3.8, 4) is 6.07 Å². The Labute approximate surface area is 154 Å². The molecule has 0 atom stereocenters. The minimum Gasteiger partial charge on any atom is -0.322 e. The summed E-state index contributed by atoms with van der Waals surface area (Å²) in [7, 11) is -2.05. The van der Waals surface area contributed by atoms with Gasteiger partial charge >= 0.3 is 0 Å². The lowest BCUT2D eigenvalue weighted by Crippen LogP contribution is -2.33. The van der Waals surface area contributed by atoms with Crippen LogP contribution in [0.1, 0.15) is 29.8 Å². The Morgan fingerprint density at radius 1 is 1.12 bits per heavy atom. The van der Waals surface area contributed by atoms with Gasteiger partial charge in [-0.15, -0.1) is 0 Å². The molecule has 2 aromatic rings. The Morgan fingerprint density at radius 3 is 2.19 bits per heavy atom. The quantitative estimate of drug-likeness (QED) is 0.845. The fourth-order valence-corrected chi connectivity index (χ4v) is 3.59. The molecule has 0 fully saturated rings. The maximum Gasteiger partial charge on any atom is 0.255 e. The van der Waals surface area contributed by atoms with Gasteiger partial charge in [0, 0.05) is 24.3 Å². The Kier molecular flexibility index (Phi) is 6.14. The number of nitriles is 1.